The minimum Gasteiger partial charge on any atom is -0.336 e. The summed E-state index contributed by atoms with van der Waals surface area (Å²) in [5.41, 5.74) is 3.82. The molecule has 2 heterocycles. The van der Waals surface area contributed by atoms with Crippen LogP contribution in [0.25, 0.3) is 5.65 Å². The number of amides is 2. The molecule has 7 heteroatoms. The van der Waals surface area contributed by atoms with Crippen LogP contribution in [0.5, 0.6) is 0 Å². The van der Waals surface area contributed by atoms with Crippen LogP contribution in [0.15, 0.2) is 48.9 Å². The lowest BCUT2D eigenvalue weighted by atomic mass is 9.94. The van der Waals surface area contributed by atoms with Crippen molar-refractivity contribution in [1.82, 2.24) is 24.8 Å². The first kappa shape index (κ1) is 16.5. The molecule has 0 saturated carbocycles. The molecular formula is C19H22N6O. The molecule has 4 rings (SSSR count). The summed E-state index contributed by atoms with van der Waals surface area (Å²) in [6, 6.07) is 10.0. The summed E-state index contributed by atoms with van der Waals surface area (Å²) in [5.74, 6) is 0. The summed E-state index contributed by atoms with van der Waals surface area (Å²) in [7, 11) is 4.14. The van der Waals surface area contributed by atoms with Gasteiger partial charge in [-0.1, -0.05) is 24.3 Å². The lowest BCUT2D eigenvalue weighted by Crippen LogP contribution is -2.54. The van der Waals surface area contributed by atoms with Gasteiger partial charge in [-0.2, -0.15) is 5.10 Å². The van der Waals surface area contributed by atoms with Crippen molar-refractivity contribution < 1.29 is 4.79 Å². The third-order valence-electron chi connectivity index (χ3n) is 5.21. The molecule has 0 fully saturated rings. The molecule has 0 spiro atoms. The fourth-order valence-corrected chi connectivity index (χ4v) is 3.60. The zero-order chi connectivity index (χ0) is 18.1. The normalized spacial score (nSPS) is 15.2. The SMILES string of the molecule is CN(C)C1(CNC(=O)Nc2cnn3cccnc23)Cc2ccccc2C1. The Morgan fingerprint density at radius 1 is 1.23 bits per heavy atom. The van der Waals surface area contributed by atoms with E-state index in [9.17, 15) is 4.79 Å². The summed E-state index contributed by atoms with van der Waals surface area (Å²) < 4.78 is 1.63. The van der Waals surface area contributed by atoms with E-state index in [1.165, 1.54) is 11.1 Å². The Bertz CT molecular complexity index is 923. The maximum absolute atomic E-state index is 12.4. The van der Waals surface area contributed by atoms with Gasteiger partial charge in [0.15, 0.2) is 5.65 Å². The Morgan fingerprint density at radius 2 is 1.96 bits per heavy atom. The molecular weight excluding hydrogens is 328 g/mol. The van der Waals surface area contributed by atoms with Crippen molar-refractivity contribution in [2.75, 3.05) is 26.0 Å². The van der Waals surface area contributed by atoms with Crippen molar-refractivity contribution in [3.8, 4) is 0 Å². The van der Waals surface area contributed by atoms with Crippen LogP contribution in [-0.2, 0) is 12.8 Å². The van der Waals surface area contributed by atoms with Gasteiger partial charge in [0.25, 0.3) is 0 Å². The molecule has 0 unspecified atom stereocenters. The number of hydrogen-bond donors (Lipinski definition) is 2. The molecule has 26 heavy (non-hydrogen) atoms. The van der Waals surface area contributed by atoms with E-state index >= 15 is 0 Å². The number of fused-ring (bicyclic) bond motifs is 2. The second-order valence-electron chi connectivity index (χ2n) is 6.99. The third-order valence-corrected chi connectivity index (χ3v) is 5.21. The van der Waals surface area contributed by atoms with Crippen LogP contribution in [0.4, 0.5) is 10.5 Å². The molecule has 0 atom stereocenters. The zero-order valence-electron chi connectivity index (χ0n) is 14.9. The topological polar surface area (TPSA) is 74.6 Å². The third kappa shape index (κ3) is 2.90. The molecule has 0 bridgehead atoms. The Labute approximate surface area is 152 Å². The van der Waals surface area contributed by atoms with Crippen LogP contribution in [0.2, 0.25) is 0 Å². The first-order valence-corrected chi connectivity index (χ1v) is 8.65. The van der Waals surface area contributed by atoms with E-state index in [2.05, 4.69) is 64.0 Å². The van der Waals surface area contributed by atoms with Gasteiger partial charge >= 0.3 is 6.03 Å². The van der Waals surface area contributed by atoms with Gasteiger partial charge in [-0.05, 0) is 44.1 Å². The second-order valence-corrected chi connectivity index (χ2v) is 6.99. The van der Waals surface area contributed by atoms with E-state index in [4.69, 9.17) is 0 Å². The van der Waals surface area contributed by atoms with Crippen LogP contribution >= 0.6 is 0 Å². The first-order valence-electron chi connectivity index (χ1n) is 8.65. The van der Waals surface area contributed by atoms with Crippen molar-refractivity contribution >= 4 is 17.4 Å². The van der Waals surface area contributed by atoms with Gasteiger partial charge in [0.05, 0.1) is 6.20 Å². The minimum absolute atomic E-state index is 0.111. The van der Waals surface area contributed by atoms with Gasteiger partial charge in [-0.3, -0.25) is 0 Å². The Balaban J connectivity index is 1.45. The molecule has 0 aliphatic heterocycles. The number of benzene rings is 1. The minimum atomic E-state index is -0.247. The van der Waals surface area contributed by atoms with E-state index in [1.54, 1.807) is 29.2 Å². The molecule has 2 N–H and O–H groups in total. The van der Waals surface area contributed by atoms with E-state index < -0.39 is 0 Å². The Kier molecular flexibility index (Phi) is 4.08. The van der Waals surface area contributed by atoms with Crippen molar-refractivity contribution in [3.63, 3.8) is 0 Å². The predicted octanol–water partition coefficient (Wildman–Crippen LogP) is 1.95. The molecule has 7 nitrogen and oxygen atoms in total. The van der Waals surface area contributed by atoms with E-state index in [0.29, 0.717) is 17.9 Å². The first-order chi connectivity index (χ1) is 12.6. The molecule has 1 aromatic carbocycles. The number of carbonyl (C=O) groups is 1. The molecule has 0 radical (unpaired) electrons. The molecule has 0 saturated heterocycles. The summed E-state index contributed by atoms with van der Waals surface area (Å²) in [6.07, 6.45) is 6.93. The standard InChI is InChI=1S/C19H22N6O/c1-24(2)19(10-14-6-3-4-7-15(14)11-19)13-21-18(26)23-16-12-22-25-9-5-8-20-17(16)25/h3-9,12H,10-11,13H2,1-2H3,(H2,21,23,26). The molecule has 2 amide bonds. The fraction of sp³-hybridized carbons (Fsp3) is 0.316. The van der Waals surface area contributed by atoms with E-state index in [1.807, 2.05) is 0 Å². The number of aromatic nitrogens is 3. The smallest absolute Gasteiger partial charge is 0.319 e. The maximum Gasteiger partial charge on any atom is 0.319 e. The highest BCUT2D eigenvalue weighted by Crippen LogP contribution is 2.33. The van der Waals surface area contributed by atoms with Crippen molar-refractivity contribution in [3.05, 3.63) is 60.0 Å². The number of urea groups is 1. The van der Waals surface area contributed by atoms with Crippen LogP contribution in [0.1, 0.15) is 11.1 Å². The number of hydrogen-bond acceptors (Lipinski definition) is 4. The number of nitrogens with zero attached hydrogens (tertiary/aromatic N) is 4. The number of anilines is 1. The predicted molar refractivity (Wildman–Crippen MR) is 100 cm³/mol. The molecule has 3 aromatic rings. The second kappa shape index (κ2) is 6.42. The van der Waals surface area contributed by atoms with Crippen LogP contribution < -0.4 is 10.6 Å². The quantitative estimate of drug-likeness (QED) is 0.754. The Hall–Kier alpha value is -2.93. The van der Waals surface area contributed by atoms with Crippen molar-refractivity contribution in [2.24, 2.45) is 0 Å². The largest absolute Gasteiger partial charge is 0.336 e. The summed E-state index contributed by atoms with van der Waals surface area (Å²) in [6.45, 7) is 0.563. The monoisotopic (exact) mass is 350 g/mol. The van der Waals surface area contributed by atoms with Crippen LogP contribution in [0, 0.1) is 0 Å². The highest BCUT2D eigenvalue weighted by atomic mass is 16.2. The summed E-state index contributed by atoms with van der Waals surface area (Å²) in [4.78, 5) is 18.9. The molecule has 1 aliphatic rings. The average Bonchev–Trinajstić information content (AvgIpc) is 3.22. The van der Waals surface area contributed by atoms with Gasteiger partial charge in [0.2, 0.25) is 0 Å². The summed E-state index contributed by atoms with van der Waals surface area (Å²) >= 11 is 0. The Morgan fingerprint density at radius 3 is 2.65 bits per heavy atom. The average molecular weight is 350 g/mol. The number of rotatable bonds is 4. The number of likely N-dealkylation sites (N-methyl/N-ethyl adjacent to an activating group) is 1. The zero-order valence-corrected chi connectivity index (χ0v) is 14.9. The van der Waals surface area contributed by atoms with Gasteiger partial charge in [-0.15, -0.1) is 0 Å². The highest BCUT2D eigenvalue weighted by Gasteiger charge is 2.39. The van der Waals surface area contributed by atoms with Gasteiger partial charge in [0.1, 0.15) is 5.69 Å². The van der Waals surface area contributed by atoms with Crippen LogP contribution in [-0.4, -0.2) is 51.7 Å². The lowest BCUT2D eigenvalue weighted by Gasteiger charge is -2.36. The summed E-state index contributed by atoms with van der Waals surface area (Å²) in [5, 5.41) is 10.1. The van der Waals surface area contributed by atoms with Crippen molar-refractivity contribution in [1.29, 1.82) is 0 Å². The van der Waals surface area contributed by atoms with Crippen molar-refractivity contribution in [2.45, 2.75) is 18.4 Å². The van der Waals surface area contributed by atoms with Gasteiger partial charge in [-0.25, -0.2) is 14.3 Å². The number of nitrogens with one attached hydrogen (secondary N) is 2. The van der Waals surface area contributed by atoms with Gasteiger partial charge < -0.3 is 15.5 Å². The lowest BCUT2D eigenvalue weighted by molar-refractivity contribution is 0.160. The molecule has 1 aliphatic carbocycles. The fourth-order valence-electron chi connectivity index (χ4n) is 3.60. The maximum atomic E-state index is 12.4. The van der Waals surface area contributed by atoms with E-state index in [-0.39, 0.29) is 11.6 Å². The number of carbonyl (C=O) groups excluding carboxylic acids is 1. The molecule has 2 aromatic heterocycles. The van der Waals surface area contributed by atoms with Crippen LogP contribution in [0.3, 0.4) is 0 Å². The molecule has 134 valence electrons. The highest BCUT2D eigenvalue weighted by molar-refractivity contribution is 5.92. The van der Waals surface area contributed by atoms with Gasteiger partial charge in [0, 0.05) is 24.5 Å². The van der Waals surface area contributed by atoms with E-state index in [0.717, 1.165) is 12.8 Å².